The molecule has 1 unspecified atom stereocenters. The monoisotopic (exact) mass is 254 g/mol. The minimum Gasteiger partial charge on any atom is -0.393 e. The minimum atomic E-state index is -1.19. The van der Waals surface area contributed by atoms with Gasteiger partial charge in [-0.15, -0.1) is 0 Å². The van der Waals surface area contributed by atoms with Gasteiger partial charge in [0, 0.05) is 21.1 Å². The number of aliphatic hydroxyl groups excluding tert-OH is 2. The summed E-state index contributed by atoms with van der Waals surface area (Å²) in [5, 5.41) is 18.5. The molecule has 0 aliphatic heterocycles. The lowest BCUT2D eigenvalue weighted by molar-refractivity contribution is 0.0868. The second-order valence-electron chi connectivity index (χ2n) is 4.11. The zero-order valence-electron chi connectivity index (χ0n) is 10.3. The molecule has 0 radical (unpaired) electrons. The second-order valence-corrected chi connectivity index (χ2v) is 4.11. The summed E-state index contributed by atoms with van der Waals surface area (Å²) in [6.45, 7) is -0.509. The van der Waals surface area contributed by atoms with E-state index in [2.05, 4.69) is 4.98 Å². The van der Waals surface area contributed by atoms with Crippen LogP contribution in [0.1, 0.15) is 11.9 Å². The number of aliphatic hydroxyl groups is 2. The van der Waals surface area contributed by atoms with Gasteiger partial charge in [0.15, 0.2) is 11.2 Å². The molecule has 2 aromatic heterocycles. The number of imidazole rings is 1. The summed E-state index contributed by atoms with van der Waals surface area (Å²) in [5.41, 5.74) is -0.578. The molecule has 0 aliphatic carbocycles. The molecule has 2 rings (SSSR count). The van der Waals surface area contributed by atoms with E-state index in [0.29, 0.717) is 0 Å². The fraction of sp³-hybridized carbons (Fsp3) is 0.500. The third kappa shape index (κ3) is 1.50. The highest BCUT2D eigenvalue weighted by molar-refractivity contribution is 5.71. The maximum absolute atomic E-state index is 12.0. The van der Waals surface area contributed by atoms with Gasteiger partial charge in [0.05, 0.1) is 6.61 Å². The van der Waals surface area contributed by atoms with E-state index in [9.17, 15) is 14.7 Å². The average molecular weight is 254 g/mol. The van der Waals surface area contributed by atoms with Gasteiger partial charge in [0.1, 0.15) is 11.9 Å². The van der Waals surface area contributed by atoms with E-state index in [1.807, 2.05) is 0 Å². The third-order valence-electron chi connectivity index (χ3n) is 2.98. The maximum atomic E-state index is 12.0. The zero-order valence-corrected chi connectivity index (χ0v) is 10.3. The van der Waals surface area contributed by atoms with Crippen molar-refractivity contribution in [3.8, 4) is 0 Å². The molecular formula is C10H14N4O4. The Hall–Kier alpha value is -1.93. The summed E-state index contributed by atoms with van der Waals surface area (Å²) in [6.07, 6.45) is -1.19. The molecule has 98 valence electrons. The molecule has 0 aliphatic rings. The van der Waals surface area contributed by atoms with Crippen LogP contribution in [0.25, 0.3) is 11.2 Å². The Morgan fingerprint density at radius 3 is 2.33 bits per heavy atom. The smallest absolute Gasteiger partial charge is 0.332 e. The van der Waals surface area contributed by atoms with Crippen LogP contribution in [-0.4, -0.2) is 35.5 Å². The number of nitrogens with zero attached hydrogens (tertiary/aromatic N) is 4. The van der Waals surface area contributed by atoms with Crippen molar-refractivity contribution >= 4 is 11.2 Å². The molecule has 1 atom stereocenters. The SMILES string of the molecule is Cn1c(=O)c2c(nc(C(O)CO)n2C)n(C)c1=O. The average Bonchev–Trinajstić information content (AvgIpc) is 2.71. The van der Waals surface area contributed by atoms with Crippen LogP contribution in [0.5, 0.6) is 0 Å². The van der Waals surface area contributed by atoms with Crippen LogP contribution in [0.4, 0.5) is 0 Å². The molecule has 0 saturated carbocycles. The van der Waals surface area contributed by atoms with Gasteiger partial charge >= 0.3 is 5.69 Å². The van der Waals surface area contributed by atoms with Gasteiger partial charge in [0.2, 0.25) is 0 Å². The number of hydrogen-bond acceptors (Lipinski definition) is 5. The molecule has 2 heterocycles. The first-order valence-corrected chi connectivity index (χ1v) is 5.31. The molecule has 2 N–H and O–H groups in total. The summed E-state index contributed by atoms with van der Waals surface area (Å²) in [7, 11) is 4.42. The van der Waals surface area contributed by atoms with Crippen LogP contribution < -0.4 is 11.2 Å². The lowest BCUT2D eigenvalue weighted by atomic mass is 10.3. The Morgan fingerprint density at radius 2 is 1.78 bits per heavy atom. The van der Waals surface area contributed by atoms with Gasteiger partial charge in [0.25, 0.3) is 5.56 Å². The number of rotatable bonds is 2. The molecule has 0 saturated heterocycles. The van der Waals surface area contributed by atoms with E-state index in [0.717, 1.165) is 4.57 Å². The summed E-state index contributed by atoms with van der Waals surface area (Å²) in [5.74, 6) is 0.144. The Kier molecular flexibility index (Phi) is 2.83. The molecule has 8 nitrogen and oxygen atoms in total. The summed E-state index contributed by atoms with van der Waals surface area (Å²) in [4.78, 5) is 27.8. The van der Waals surface area contributed by atoms with E-state index in [-0.39, 0.29) is 17.0 Å². The van der Waals surface area contributed by atoms with Crippen LogP contribution in [0.3, 0.4) is 0 Å². The predicted octanol–water partition coefficient (Wildman–Crippen LogP) is -2.00. The van der Waals surface area contributed by atoms with Gasteiger partial charge in [-0.3, -0.25) is 13.9 Å². The molecular weight excluding hydrogens is 240 g/mol. The molecule has 2 aromatic rings. The van der Waals surface area contributed by atoms with Gasteiger partial charge in [-0.2, -0.15) is 0 Å². The van der Waals surface area contributed by atoms with Crippen LogP contribution >= 0.6 is 0 Å². The zero-order chi connectivity index (χ0) is 13.6. The molecule has 8 heteroatoms. The van der Waals surface area contributed by atoms with Crippen molar-refractivity contribution in [3.63, 3.8) is 0 Å². The van der Waals surface area contributed by atoms with E-state index in [4.69, 9.17) is 5.11 Å². The summed E-state index contributed by atoms with van der Waals surface area (Å²) in [6, 6.07) is 0. The molecule has 0 amide bonds. The van der Waals surface area contributed by atoms with Crippen molar-refractivity contribution < 1.29 is 10.2 Å². The van der Waals surface area contributed by atoms with Crippen LogP contribution in [0, 0.1) is 0 Å². The van der Waals surface area contributed by atoms with Crippen molar-refractivity contribution in [2.24, 2.45) is 21.1 Å². The standard InChI is InChI=1S/C10H14N4O4/c1-12-6-8(11-7(12)5(16)4-15)13(2)10(18)14(3)9(6)17/h5,15-16H,4H2,1-3H3. The Labute approximate surface area is 101 Å². The van der Waals surface area contributed by atoms with E-state index >= 15 is 0 Å². The summed E-state index contributed by atoms with van der Waals surface area (Å²) >= 11 is 0. The Morgan fingerprint density at radius 1 is 1.17 bits per heavy atom. The highest BCUT2D eigenvalue weighted by Crippen LogP contribution is 2.15. The molecule has 0 aromatic carbocycles. The molecule has 18 heavy (non-hydrogen) atoms. The predicted molar refractivity (Wildman–Crippen MR) is 63.2 cm³/mol. The largest absolute Gasteiger partial charge is 0.393 e. The lowest BCUT2D eigenvalue weighted by Crippen LogP contribution is -2.37. The number of aromatic nitrogens is 4. The highest BCUT2D eigenvalue weighted by Gasteiger charge is 2.20. The maximum Gasteiger partial charge on any atom is 0.332 e. The van der Waals surface area contributed by atoms with Gasteiger partial charge in [-0.05, 0) is 0 Å². The van der Waals surface area contributed by atoms with Crippen molar-refractivity contribution in [2.45, 2.75) is 6.10 Å². The Bertz CT molecular complexity index is 724. The van der Waals surface area contributed by atoms with Crippen molar-refractivity contribution in [1.82, 2.24) is 18.7 Å². The van der Waals surface area contributed by atoms with Gasteiger partial charge in [-0.25, -0.2) is 9.78 Å². The Balaban J connectivity index is 2.98. The molecule has 0 bridgehead atoms. The first kappa shape index (κ1) is 12.5. The highest BCUT2D eigenvalue weighted by atomic mass is 16.3. The summed E-state index contributed by atoms with van der Waals surface area (Å²) < 4.78 is 3.58. The molecule has 0 spiro atoms. The second kappa shape index (κ2) is 4.07. The van der Waals surface area contributed by atoms with E-state index in [1.165, 1.54) is 23.2 Å². The van der Waals surface area contributed by atoms with Crippen LogP contribution in [0.15, 0.2) is 9.59 Å². The molecule has 0 fully saturated rings. The lowest BCUT2D eigenvalue weighted by Gasteiger charge is -2.06. The van der Waals surface area contributed by atoms with Gasteiger partial charge < -0.3 is 14.8 Å². The number of hydrogen-bond donors (Lipinski definition) is 2. The van der Waals surface area contributed by atoms with Crippen LogP contribution in [-0.2, 0) is 21.1 Å². The van der Waals surface area contributed by atoms with E-state index < -0.39 is 24.0 Å². The fourth-order valence-electron chi connectivity index (χ4n) is 1.91. The van der Waals surface area contributed by atoms with E-state index in [1.54, 1.807) is 7.05 Å². The van der Waals surface area contributed by atoms with Crippen molar-refractivity contribution in [1.29, 1.82) is 0 Å². The van der Waals surface area contributed by atoms with Gasteiger partial charge in [-0.1, -0.05) is 0 Å². The van der Waals surface area contributed by atoms with Crippen LogP contribution in [0.2, 0.25) is 0 Å². The van der Waals surface area contributed by atoms with Crippen molar-refractivity contribution in [3.05, 3.63) is 26.7 Å². The number of aryl methyl sites for hydroxylation is 2. The minimum absolute atomic E-state index is 0.144. The normalized spacial score (nSPS) is 13.2. The van der Waals surface area contributed by atoms with Crippen molar-refractivity contribution in [2.75, 3.05) is 6.61 Å². The third-order valence-corrected chi connectivity index (χ3v) is 2.98. The first-order valence-electron chi connectivity index (χ1n) is 5.31. The quantitative estimate of drug-likeness (QED) is 0.645. The fourth-order valence-corrected chi connectivity index (χ4v) is 1.91. The topological polar surface area (TPSA) is 102 Å². The number of fused-ring (bicyclic) bond motifs is 1. The first-order chi connectivity index (χ1) is 8.40.